The highest BCUT2D eigenvalue weighted by atomic mass is 79.9. The Bertz CT molecular complexity index is 777. The quantitative estimate of drug-likeness (QED) is 0.741. The van der Waals surface area contributed by atoms with Crippen molar-refractivity contribution in [2.24, 2.45) is 0 Å². The molecule has 2 rings (SSSR count). The minimum atomic E-state index is -4.10. The van der Waals surface area contributed by atoms with Crippen LogP contribution >= 0.6 is 15.9 Å². The zero-order valence-corrected chi connectivity index (χ0v) is 14.3. The normalized spacial score (nSPS) is 13.5. The first-order valence-electron chi connectivity index (χ1n) is 6.61. The lowest BCUT2D eigenvalue weighted by molar-refractivity contribution is -0.0218. The Labute approximate surface area is 142 Å². The van der Waals surface area contributed by atoms with Gasteiger partial charge >= 0.3 is 0 Å². The second kappa shape index (κ2) is 6.90. The molecule has 0 unspecified atom stereocenters. The molecule has 0 heterocycles. The number of sulfonamides is 1. The summed E-state index contributed by atoms with van der Waals surface area (Å²) in [5.41, 5.74) is -0.289. The Balaban J connectivity index is 2.32. The summed E-state index contributed by atoms with van der Waals surface area (Å²) in [6.45, 7) is 3.33. The molecule has 122 valence electrons. The zero-order valence-electron chi connectivity index (χ0n) is 11.9. The van der Waals surface area contributed by atoms with E-state index in [-0.39, 0.29) is 10.5 Å². The molecule has 0 spiro atoms. The Morgan fingerprint density at radius 2 is 1.65 bits per heavy atom. The summed E-state index contributed by atoms with van der Waals surface area (Å²) in [7, 11) is -4.10. The van der Waals surface area contributed by atoms with Crippen molar-refractivity contribution in [3.8, 4) is 0 Å². The fourth-order valence-corrected chi connectivity index (χ4v) is 3.43. The largest absolute Gasteiger partial charge is 0.292 e. The van der Waals surface area contributed by atoms with Crippen LogP contribution in [0, 0.1) is 0 Å². The Kier molecular flexibility index (Phi) is 5.33. The van der Waals surface area contributed by atoms with Gasteiger partial charge in [0.1, 0.15) is 6.04 Å². The van der Waals surface area contributed by atoms with Crippen molar-refractivity contribution in [1.29, 1.82) is 0 Å². The first-order valence-corrected chi connectivity index (χ1v) is 8.89. The lowest BCUT2D eigenvalue weighted by Gasteiger charge is -2.25. The molecule has 0 amide bonds. The highest BCUT2D eigenvalue weighted by Crippen LogP contribution is 2.33. The first-order chi connectivity index (χ1) is 10.8. The first kappa shape index (κ1) is 17.8. The van der Waals surface area contributed by atoms with Gasteiger partial charge in [-0.1, -0.05) is 52.3 Å². The van der Waals surface area contributed by atoms with Gasteiger partial charge in [0.15, 0.2) is 0 Å². The van der Waals surface area contributed by atoms with Crippen LogP contribution in [0.3, 0.4) is 0 Å². The highest BCUT2D eigenvalue weighted by molar-refractivity contribution is 9.10. The van der Waals surface area contributed by atoms with Crippen LogP contribution in [0.5, 0.6) is 0 Å². The van der Waals surface area contributed by atoms with Crippen LogP contribution in [-0.4, -0.2) is 14.5 Å². The molecule has 0 saturated heterocycles. The number of hydrogen-bond donors (Lipinski definition) is 1. The molecule has 0 radical (unpaired) electrons. The average Bonchev–Trinajstić information content (AvgIpc) is 2.53. The third kappa shape index (κ3) is 4.04. The van der Waals surface area contributed by atoms with Gasteiger partial charge in [0.25, 0.3) is 5.92 Å². The van der Waals surface area contributed by atoms with Crippen molar-refractivity contribution in [2.45, 2.75) is 16.9 Å². The molecular weight excluding hydrogens is 388 g/mol. The van der Waals surface area contributed by atoms with E-state index in [9.17, 15) is 17.2 Å². The summed E-state index contributed by atoms with van der Waals surface area (Å²) in [6.07, 6.45) is 0.892. The molecule has 2 aromatic rings. The molecule has 0 fully saturated rings. The van der Waals surface area contributed by atoms with Gasteiger partial charge in [-0.3, -0.25) is 0 Å². The minimum absolute atomic E-state index is 0.101. The fraction of sp³-hybridized carbons (Fsp3) is 0.125. The van der Waals surface area contributed by atoms with Crippen LogP contribution in [0.2, 0.25) is 0 Å². The van der Waals surface area contributed by atoms with Gasteiger partial charge in [0.2, 0.25) is 10.0 Å². The Morgan fingerprint density at radius 3 is 2.17 bits per heavy atom. The molecule has 0 bridgehead atoms. The SMILES string of the molecule is C=C[C@@H](NS(=O)(=O)c1ccc(Br)cc1)C(F)(F)c1ccccc1. The van der Waals surface area contributed by atoms with Gasteiger partial charge in [-0.15, -0.1) is 6.58 Å². The highest BCUT2D eigenvalue weighted by Gasteiger charge is 2.41. The molecule has 0 aliphatic carbocycles. The molecule has 3 nitrogen and oxygen atoms in total. The zero-order chi connectivity index (χ0) is 17.1. The molecule has 2 aromatic carbocycles. The van der Waals surface area contributed by atoms with Crippen molar-refractivity contribution in [3.05, 3.63) is 77.3 Å². The van der Waals surface area contributed by atoms with Crippen molar-refractivity contribution in [1.82, 2.24) is 4.72 Å². The maximum atomic E-state index is 14.5. The monoisotopic (exact) mass is 401 g/mol. The number of halogens is 3. The van der Waals surface area contributed by atoms with Gasteiger partial charge in [0, 0.05) is 10.0 Å². The van der Waals surface area contributed by atoms with Gasteiger partial charge < -0.3 is 0 Å². The predicted molar refractivity (Wildman–Crippen MR) is 88.8 cm³/mol. The standard InChI is InChI=1S/C16H14BrF2NO2S/c1-2-15(16(18,19)12-6-4-3-5-7-12)20-23(21,22)14-10-8-13(17)9-11-14/h2-11,15,20H,1H2/t15-/m1/s1. The minimum Gasteiger partial charge on any atom is -0.207 e. The molecular formula is C16H14BrF2NO2S. The van der Waals surface area contributed by atoms with E-state index in [1.807, 2.05) is 4.72 Å². The van der Waals surface area contributed by atoms with Crippen LogP contribution in [0.4, 0.5) is 8.78 Å². The number of rotatable bonds is 6. The van der Waals surface area contributed by atoms with Gasteiger partial charge in [0.05, 0.1) is 4.90 Å². The molecule has 0 aliphatic heterocycles. The second-order valence-corrected chi connectivity index (χ2v) is 7.41. The summed E-state index contributed by atoms with van der Waals surface area (Å²) < 4.78 is 56.3. The van der Waals surface area contributed by atoms with E-state index in [4.69, 9.17) is 0 Å². The van der Waals surface area contributed by atoms with Crippen molar-refractivity contribution < 1.29 is 17.2 Å². The van der Waals surface area contributed by atoms with Crippen molar-refractivity contribution >= 4 is 26.0 Å². The van der Waals surface area contributed by atoms with Crippen LogP contribution < -0.4 is 4.72 Å². The van der Waals surface area contributed by atoms with E-state index in [2.05, 4.69) is 22.5 Å². The second-order valence-electron chi connectivity index (χ2n) is 4.78. The van der Waals surface area contributed by atoms with Crippen molar-refractivity contribution in [3.63, 3.8) is 0 Å². The van der Waals surface area contributed by atoms with E-state index in [1.54, 1.807) is 6.07 Å². The van der Waals surface area contributed by atoms with Crippen LogP contribution in [0.15, 0.2) is 76.6 Å². The van der Waals surface area contributed by atoms with E-state index in [0.717, 1.165) is 6.08 Å². The van der Waals surface area contributed by atoms with E-state index in [1.165, 1.54) is 48.5 Å². The van der Waals surface area contributed by atoms with E-state index in [0.29, 0.717) is 4.47 Å². The average molecular weight is 402 g/mol. The maximum absolute atomic E-state index is 14.5. The van der Waals surface area contributed by atoms with Gasteiger partial charge in [-0.05, 0) is 24.3 Å². The van der Waals surface area contributed by atoms with Gasteiger partial charge in [-0.25, -0.2) is 8.42 Å². The molecule has 0 aromatic heterocycles. The molecule has 0 saturated carbocycles. The lowest BCUT2D eigenvalue weighted by Crippen LogP contribution is -2.44. The van der Waals surface area contributed by atoms with Crippen LogP contribution in [0.25, 0.3) is 0 Å². The number of benzene rings is 2. The Morgan fingerprint density at radius 1 is 1.09 bits per heavy atom. The molecule has 23 heavy (non-hydrogen) atoms. The summed E-state index contributed by atoms with van der Waals surface area (Å²) in [5.74, 6) is -3.43. The Hall–Kier alpha value is -1.57. The number of nitrogens with one attached hydrogen (secondary N) is 1. The number of alkyl halides is 2. The van der Waals surface area contributed by atoms with Crippen LogP contribution in [0.1, 0.15) is 5.56 Å². The lowest BCUT2D eigenvalue weighted by atomic mass is 10.0. The molecule has 1 atom stereocenters. The van der Waals surface area contributed by atoms with Crippen LogP contribution in [-0.2, 0) is 15.9 Å². The maximum Gasteiger partial charge on any atom is 0.292 e. The molecule has 1 N–H and O–H groups in total. The summed E-state index contributed by atoms with van der Waals surface area (Å²) in [5, 5.41) is 0. The summed E-state index contributed by atoms with van der Waals surface area (Å²) >= 11 is 3.19. The molecule has 7 heteroatoms. The van der Waals surface area contributed by atoms with E-state index < -0.39 is 22.0 Å². The fourth-order valence-electron chi connectivity index (χ4n) is 1.96. The third-order valence-electron chi connectivity index (χ3n) is 3.19. The predicted octanol–water partition coefficient (Wildman–Crippen LogP) is 4.07. The third-order valence-corrected chi connectivity index (χ3v) is 5.18. The summed E-state index contributed by atoms with van der Waals surface area (Å²) in [4.78, 5) is -0.101. The van der Waals surface area contributed by atoms with E-state index >= 15 is 0 Å². The topological polar surface area (TPSA) is 46.2 Å². The molecule has 0 aliphatic rings. The smallest absolute Gasteiger partial charge is 0.207 e. The number of hydrogen-bond acceptors (Lipinski definition) is 2. The summed E-state index contributed by atoms with van der Waals surface area (Å²) in [6, 6.07) is 10.9. The van der Waals surface area contributed by atoms with Crippen molar-refractivity contribution in [2.75, 3.05) is 0 Å². The van der Waals surface area contributed by atoms with Gasteiger partial charge in [-0.2, -0.15) is 13.5 Å².